The molecule has 0 aliphatic carbocycles. The molecule has 1 heterocycles. The highest BCUT2D eigenvalue weighted by atomic mass is 35.5. The van der Waals surface area contributed by atoms with Crippen LogP contribution in [0.2, 0.25) is 5.02 Å². The van der Waals surface area contributed by atoms with Gasteiger partial charge in [-0.05, 0) is 55.8 Å². The number of nitrogens with zero attached hydrogens (tertiary/aromatic N) is 2. The average Bonchev–Trinajstić information content (AvgIpc) is 3.27. The number of nitrogens with one attached hydrogen (secondary N) is 2. The number of halogens is 4. The highest BCUT2D eigenvalue weighted by molar-refractivity contribution is 7.13. The molecule has 3 aromatic rings. The molecule has 0 radical (unpaired) electrons. The van der Waals surface area contributed by atoms with Crippen LogP contribution >= 0.6 is 22.9 Å². The van der Waals surface area contributed by atoms with Gasteiger partial charge in [-0.3, -0.25) is 14.4 Å². The summed E-state index contributed by atoms with van der Waals surface area (Å²) in [6.45, 7) is 3.32. The van der Waals surface area contributed by atoms with Crippen molar-refractivity contribution in [1.82, 2.24) is 15.2 Å². The molecule has 0 spiro atoms. The number of thiazole rings is 1. The number of carbonyl (C=O) groups is 3. The summed E-state index contributed by atoms with van der Waals surface area (Å²) in [6, 6.07) is 10.8. The molecule has 2 N–H and O–H groups in total. The Labute approximate surface area is 220 Å². The van der Waals surface area contributed by atoms with Crippen molar-refractivity contribution in [2.24, 2.45) is 0 Å². The van der Waals surface area contributed by atoms with E-state index in [0.717, 1.165) is 23.5 Å². The van der Waals surface area contributed by atoms with E-state index in [1.54, 1.807) is 43.5 Å². The molecule has 2 aromatic carbocycles. The van der Waals surface area contributed by atoms with Gasteiger partial charge in [-0.25, -0.2) is 4.98 Å². The quantitative estimate of drug-likeness (QED) is 0.383. The zero-order valence-electron chi connectivity index (χ0n) is 19.9. The third-order valence-corrected chi connectivity index (χ3v) is 6.23. The highest BCUT2D eigenvalue weighted by Gasteiger charge is 2.30. The molecule has 0 saturated carbocycles. The van der Waals surface area contributed by atoms with Crippen molar-refractivity contribution in [3.63, 3.8) is 0 Å². The van der Waals surface area contributed by atoms with Crippen LogP contribution in [0, 0.1) is 0 Å². The van der Waals surface area contributed by atoms with Gasteiger partial charge in [0.05, 0.1) is 17.7 Å². The van der Waals surface area contributed by atoms with Gasteiger partial charge in [0.25, 0.3) is 5.91 Å². The molecule has 1 aromatic heterocycles. The molecule has 0 aliphatic heterocycles. The van der Waals surface area contributed by atoms with Gasteiger partial charge in [-0.15, -0.1) is 11.3 Å². The van der Waals surface area contributed by atoms with E-state index in [4.69, 9.17) is 11.6 Å². The molecule has 0 atom stereocenters. The van der Waals surface area contributed by atoms with Gasteiger partial charge in [0.15, 0.2) is 5.13 Å². The van der Waals surface area contributed by atoms with E-state index in [2.05, 4.69) is 15.6 Å². The summed E-state index contributed by atoms with van der Waals surface area (Å²) in [5.74, 6) is -1.20. The van der Waals surface area contributed by atoms with Crippen molar-refractivity contribution in [3.8, 4) is 0 Å². The largest absolute Gasteiger partial charge is 0.416 e. The first kappa shape index (κ1) is 28.1. The van der Waals surface area contributed by atoms with E-state index >= 15 is 0 Å². The molecular formula is C25H24ClF3N4O3S. The number of amides is 3. The molecule has 0 aliphatic rings. The Balaban J connectivity index is 1.52. The van der Waals surface area contributed by atoms with Crippen LogP contribution in [-0.4, -0.2) is 40.2 Å². The number of hydrogen-bond donors (Lipinski definition) is 2. The van der Waals surface area contributed by atoms with Gasteiger partial charge < -0.3 is 15.5 Å². The Morgan fingerprint density at radius 2 is 1.78 bits per heavy atom. The summed E-state index contributed by atoms with van der Waals surface area (Å²) in [6.07, 6.45) is -4.57. The molecule has 3 rings (SSSR count). The minimum absolute atomic E-state index is 0.0663. The number of aromatic nitrogens is 1. The maximum absolute atomic E-state index is 12.8. The molecule has 3 amide bonds. The lowest BCUT2D eigenvalue weighted by Crippen LogP contribution is -2.42. The monoisotopic (exact) mass is 552 g/mol. The maximum atomic E-state index is 12.8. The number of rotatable bonds is 9. The van der Waals surface area contributed by atoms with Gasteiger partial charge >= 0.3 is 6.18 Å². The molecule has 0 saturated heterocycles. The number of carbonyl (C=O) groups excluding carboxylic acids is 3. The normalized spacial score (nSPS) is 11.3. The summed E-state index contributed by atoms with van der Waals surface area (Å²) < 4.78 is 38.5. The second-order valence-corrected chi connectivity index (χ2v) is 9.67. The smallest absolute Gasteiger partial charge is 0.352 e. The summed E-state index contributed by atoms with van der Waals surface area (Å²) in [7, 11) is 0. The Kier molecular flexibility index (Phi) is 9.28. The van der Waals surface area contributed by atoms with Crippen molar-refractivity contribution < 1.29 is 27.6 Å². The standard InChI is InChI=1S/C25H24ClF3N4O3S/c1-15(2)33(23(36)17-6-8-19(26)9-7-17)13-22(35)32-24-31-20(14-37-24)11-21(34)30-12-16-4-3-5-18(10-16)25(27,28)29/h3-10,14-15H,11-13H2,1-2H3,(H,30,34)(H,31,32,35). The van der Waals surface area contributed by atoms with Crippen LogP contribution in [0.3, 0.4) is 0 Å². The molecule has 12 heteroatoms. The molecule has 37 heavy (non-hydrogen) atoms. The topological polar surface area (TPSA) is 91.4 Å². The second-order valence-electron chi connectivity index (χ2n) is 8.38. The van der Waals surface area contributed by atoms with Crippen LogP contribution in [0.1, 0.15) is 41.0 Å². The summed E-state index contributed by atoms with van der Waals surface area (Å²) in [5, 5.41) is 7.54. The van der Waals surface area contributed by atoms with Crippen LogP contribution in [-0.2, 0) is 28.7 Å². The van der Waals surface area contributed by atoms with E-state index in [9.17, 15) is 27.6 Å². The first-order valence-electron chi connectivity index (χ1n) is 11.2. The maximum Gasteiger partial charge on any atom is 0.416 e. The second kappa shape index (κ2) is 12.2. The van der Waals surface area contributed by atoms with Gasteiger partial charge in [0.2, 0.25) is 11.8 Å². The molecule has 0 bridgehead atoms. The number of hydrogen-bond acceptors (Lipinski definition) is 5. The predicted molar refractivity (Wildman–Crippen MR) is 135 cm³/mol. The SMILES string of the molecule is CC(C)N(CC(=O)Nc1nc(CC(=O)NCc2cccc(C(F)(F)F)c2)cs1)C(=O)c1ccc(Cl)cc1. The van der Waals surface area contributed by atoms with E-state index in [-0.39, 0.29) is 36.6 Å². The third-order valence-electron chi connectivity index (χ3n) is 5.17. The molecular weight excluding hydrogens is 529 g/mol. The van der Waals surface area contributed by atoms with Crippen LogP contribution in [0.25, 0.3) is 0 Å². The van der Waals surface area contributed by atoms with Gasteiger partial charge in [-0.2, -0.15) is 13.2 Å². The lowest BCUT2D eigenvalue weighted by Gasteiger charge is -2.26. The van der Waals surface area contributed by atoms with Crippen LogP contribution in [0.5, 0.6) is 0 Å². The fourth-order valence-corrected chi connectivity index (χ4v) is 4.14. The first-order chi connectivity index (χ1) is 17.4. The predicted octanol–water partition coefficient (Wildman–Crippen LogP) is 5.16. The highest BCUT2D eigenvalue weighted by Crippen LogP contribution is 2.29. The van der Waals surface area contributed by atoms with Crippen molar-refractivity contribution in [2.45, 2.75) is 39.0 Å². The Morgan fingerprint density at radius 1 is 1.08 bits per heavy atom. The minimum atomic E-state index is -4.46. The fraction of sp³-hybridized carbons (Fsp3) is 0.280. The fourth-order valence-electron chi connectivity index (χ4n) is 3.29. The van der Waals surface area contributed by atoms with Gasteiger partial charge in [0, 0.05) is 28.6 Å². The van der Waals surface area contributed by atoms with Crippen molar-refractivity contribution in [2.75, 3.05) is 11.9 Å². The summed E-state index contributed by atoms with van der Waals surface area (Å²) in [4.78, 5) is 43.3. The van der Waals surface area contributed by atoms with E-state index in [0.29, 0.717) is 21.8 Å². The summed E-state index contributed by atoms with van der Waals surface area (Å²) in [5.41, 5.74) is 0.320. The third kappa shape index (κ3) is 8.29. The zero-order chi connectivity index (χ0) is 27.2. The number of anilines is 1. The lowest BCUT2D eigenvalue weighted by molar-refractivity contribution is -0.137. The van der Waals surface area contributed by atoms with Crippen LogP contribution < -0.4 is 10.6 Å². The molecule has 7 nitrogen and oxygen atoms in total. The Bertz CT molecular complexity index is 1260. The van der Waals surface area contributed by atoms with E-state index in [1.807, 2.05) is 0 Å². The minimum Gasteiger partial charge on any atom is -0.352 e. The van der Waals surface area contributed by atoms with Gasteiger partial charge in [-0.1, -0.05) is 23.7 Å². The number of benzene rings is 2. The first-order valence-corrected chi connectivity index (χ1v) is 12.4. The van der Waals surface area contributed by atoms with Crippen molar-refractivity contribution in [3.05, 3.63) is 81.3 Å². The van der Waals surface area contributed by atoms with E-state index < -0.39 is 23.6 Å². The molecule has 0 fully saturated rings. The summed E-state index contributed by atoms with van der Waals surface area (Å²) >= 11 is 6.99. The van der Waals surface area contributed by atoms with Crippen molar-refractivity contribution >= 4 is 45.8 Å². The number of alkyl halides is 3. The molecule has 0 unspecified atom stereocenters. The van der Waals surface area contributed by atoms with Crippen LogP contribution in [0.4, 0.5) is 18.3 Å². The van der Waals surface area contributed by atoms with Crippen molar-refractivity contribution in [1.29, 1.82) is 0 Å². The van der Waals surface area contributed by atoms with Crippen LogP contribution in [0.15, 0.2) is 53.9 Å². The molecule has 196 valence electrons. The van der Waals surface area contributed by atoms with Gasteiger partial charge in [0.1, 0.15) is 6.54 Å². The Hall–Kier alpha value is -3.44. The van der Waals surface area contributed by atoms with E-state index in [1.165, 1.54) is 17.0 Å². The lowest BCUT2D eigenvalue weighted by atomic mass is 10.1. The zero-order valence-corrected chi connectivity index (χ0v) is 21.5. The Morgan fingerprint density at radius 3 is 2.43 bits per heavy atom. The average molecular weight is 553 g/mol.